The van der Waals surface area contributed by atoms with Gasteiger partial charge in [-0.3, -0.25) is 0 Å². The number of fused-ring (bicyclic) bond motifs is 1. The number of nitrogens with one attached hydrogen (secondary N) is 1. The van der Waals surface area contributed by atoms with Crippen molar-refractivity contribution in [3.05, 3.63) is 29.8 Å². The van der Waals surface area contributed by atoms with Crippen LogP contribution in [-0.2, 0) is 0 Å². The molecular weight excluding hydrogens is 270 g/mol. The lowest BCUT2D eigenvalue weighted by Gasteiger charge is -2.21. The minimum Gasteiger partial charge on any atom is -0.360 e. The van der Waals surface area contributed by atoms with Crippen LogP contribution in [0.15, 0.2) is 28.6 Å². The first kappa shape index (κ1) is 12.2. The van der Waals surface area contributed by atoms with Gasteiger partial charge in [-0.1, -0.05) is 31.0 Å². The van der Waals surface area contributed by atoms with Crippen LogP contribution >= 0.6 is 11.8 Å². The Kier molecular flexibility index (Phi) is 3.10. The Balaban J connectivity index is 1.70. The summed E-state index contributed by atoms with van der Waals surface area (Å²) in [5.41, 5.74) is 2.16. The minimum atomic E-state index is 0.525. The molecule has 4 rings (SSSR count). The van der Waals surface area contributed by atoms with Gasteiger partial charge in [0, 0.05) is 17.9 Å². The summed E-state index contributed by atoms with van der Waals surface area (Å²) in [6.07, 6.45) is 8.32. The van der Waals surface area contributed by atoms with E-state index in [9.17, 15) is 0 Å². The molecule has 1 aliphatic carbocycles. The molecule has 20 heavy (non-hydrogen) atoms. The van der Waals surface area contributed by atoms with E-state index in [1.807, 2.05) is 16.9 Å². The first-order chi connectivity index (χ1) is 9.92. The average molecular weight is 287 g/mol. The highest BCUT2D eigenvalue weighted by atomic mass is 32.2. The molecule has 0 amide bonds. The molecule has 1 aliphatic heterocycles. The molecule has 0 aromatic carbocycles. The lowest BCUT2D eigenvalue weighted by atomic mass is 9.89. The number of hydrogen-bond donors (Lipinski definition) is 1. The second-order valence-corrected chi connectivity index (χ2v) is 6.35. The van der Waals surface area contributed by atoms with Gasteiger partial charge in [0.1, 0.15) is 0 Å². The minimum absolute atomic E-state index is 0.525. The maximum atomic E-state index is 4.78. The Hall–Kier alpha value is -1.56. The summed E-state index contributed by atoms with van der Waals surface area (Å²) >= 11 is 1.72. The average Bonchev–Trinajstić information content (AvgIpc) is 3.17. The molecule has 3 heterocycles. The second-order valence-electron chi connectivity index (χ2n) is 5.41. The van der Waals surface area contributed by atoms with E-state index in [1.54, 1.807) is 11.8 Å². The van der Waals surface area contributed by atoms with Crippen molar-refractivity contribution in [3.8, 4) is 0 Å². The van der Waals surface area contributed by atoms with E-state index >= 15 is 0 Å². The molecule has 5 nitrogen and oxygen atoms in total. The molecule has 1 fully saturated rings. The fourth-order valence-electron chi connectivity index (χ4n) is 3.00. The summed E-state index contributed by atoms with van der Waals surface area (Å²) < 4.78 is 1.97. The van der Waals surface area contributed by atoms with Crippen LogP contribution in [0.3, 0.4) is 0 Å². The van der Waals surface area contributed by atoms with Gasteiger partial charge in [-0.2, -0.15) is 9.78 Å². The van der Waals surface area contributed by atoms with Crippen molar-refractivity contribution in [2.45, 2.75) is 43.2 Å². The fraction of sp³-hybridized carbons (Fsp3) is 0.500. The molecule has 0 bridgehead atoms. The first-order valence-electron chi connectivity index (χ1n) is 7.21. The maximum absolute atomic E-state index is 4.78. The number of H-pyrrole nitrogens is 1. The monoisotopic (exact) mass is 287 g/mol. The fourth-order valence-corrected chi connectivity index (χ4v) is 3.83. The first-order valence-corrected chi connectivity index (χ1v) is 8.20. The Morgan fingerprint density at radius 2 is 2.10 bits per heavy atom. The van der Waals surface area contributed by atoms with E-state index < -0.39 is 0 Å². The largest absolute Gasteiger partial charge is 0.360 e. The topological polar surface area (TPSA) is 58.9 Å². The summed E-state index contributed by atoms with van der Waals surface area (Å²) in [6, 6.07) is 4.07. The third kappa shape index (κ3) is 2.08. The van der Waals surface area contributed by atoms with Crippen LogP contribution in [0.5, 0.6) is 0 Å². The molecule has 6 heteroatoms. The number of nitrogens with zero attached hydrogens (tertiary/aromatic N) is 4. The normalized spacial score (nSPS) is 19.7. The molecule has 1 N–H and O–H groups in total. The summed E-state index contributed by atoms with van der Waals surface area (Å²) in [5, 5.41) is 14.4. The smallest absolute Gasteiger partial charge is 0.212 e. The van der Waals surface area contributed by atoms with E-state index in [2.05, 4.69) is 21.2 Å². The van der Waals surface area contributed by atoms with Crippen LogP contribution in [0.1, 0.15) is 49.5 Å². The van der Waals surface area contributed by atoms with Gasteiger partial charge in [0.05, 0.1) is 11.4 Å². The highest BCUT2D eigenvalue weighted by Crippen LogP contribution is 2.34. The molecule has 2 aromatic rings. The predicted octanol–water partition coefficient (Wildman–Crippen LogP) is 3.01. The Morgan fingerprint density at radius 3 is 2.90 bits per heavy atom. The molecule has 0 saturated heterocycles. The van der Waals surface area contributed by atoms with E-state index in [0.717, 1.165) is 28.1 Å². The summed E-state index contributed by atoms with van der Waals surface area (Å²) in [6.45, 7) is 0. The lowest BCUT2D eigenvalue weighted by Crippen LogP contribution is -2.17. The van der Waals surface area contributed by atoms with E-state index in [4.69, 9.17) is 5.10 Å². The van der Waals surface area contributed by atoms with Crippen molar-refractivity contribution in [2.75, 3.05) is 5.75 Å². The Bertz CT molecular complexity index is 622. The van der Waals surface area contributed by atoms with Crippen molar-refractivity contribution < 1.29 is 0 Å². The van der Waals surface area contributed by atoms with Gasteiger partial charge in [0.25, 0.3) is 0 Å². The third-order valence-electron chi connectivity index (χ3n) is 4.07. The van der Waals surface area contributed by atoms with Crippen molar-refractivity contribution in [3.63, 3.8) is 0 Å². The molecule has 1 saturated carbocycles. The van der Waals surface area contributed by atoms with Crippen molar-refractivity contribution in [1.29, 1.82) is 0 Å². The van der Waals surface area contributed by atoms with Crippen LogP contribution in [0.2, 0.25) is 0 Å². The van der Waals surface area contributed by atoms with Gasteiger partial charge in [-0.25, -0.2) is 0 Å². The zero-order valence-corrected chi connectivity index (χ0v) is 12.1. The van der Waals surface area contributed by atoms with Gasteiger partial charge in [0.2, 0.25) is 5.16 Å². The van der Waals surface area contributed by atoms with Gasteiger partial charge >= 0.3 is 0 Å². The zero-order valence-electron chi connectivity index (χ0n) is 11.2. The molecule has 2 aliphatic rings. The van der Waals surface area contributed by atoms with Crippen LogP contribution in [0, 0.1) is 0 Å². The Morgan fingerprint density at radius 1 is 1.20 bits per heavy atom. The predicted molar refractivity (Wildman–Crippen MR) is 79.3 cm³/mol. The molecule has 104 valence electrons. The summed E-state index contributed by atoms with van der Waals surface area (Å²) in [4.78, 5) is 3.23. The number of thioether (sulfide) groups is 1. The van der Waals surface area contributed by atoms with Crippen molar-refractivity contribution in [1.82, 2.24) is 19.9 Å². The van der Waals surface area contributed by atoms with Crippen LogP contribution in [0.25, 0.3) is 0 Å². The van der Waals surface area contributed by atoms with Gasteiger partial charge in [0.15, 0.2) is 5.82 Å². The molecule has 0 unspecified atom stereocenters. The maximum Gasteiger partial charge on any atom is 0.212 e. The molecule has 0 spiro atoms. The third-order valence-corrected chi connectivity index (χ3v) is 5.00. The van der Waals surface area contributed by atoms with E-state index in [0.29, 0.717) is 5.92 Å². The van der Waals surface area contributed by atoms with E-state index in [1.165, 1.54) is 32.1 Å². The lowest BCUT2D eigenvalue weighted by molar-refractivity contribution is 0.417. The Labute approximate surface area is 121 Å². The van der Waals surface area contributed by atoms with Crippen LogP contribution in [0.4, 0.5) is 0 Å². The quantitative estimate of drug-likeness (QED) is 0.923. The van der Waals surface area contributed by atoms with Crippen LogP contribution in [-0.4, -0.2) is 31.3 Å². The van der Waals surface area contributed by atoms with Crippen molar-refractivity contribution in [2.24, 2.45) is 5.10 Å². The summed E-state index contributed by atoms with van der Waals surface area (Å²) in [7, 11) is 0. The highest BCUT2D eigenvalue weighted by molar-refractivity contribution is 7.99. The van der Waals surface area contributed by atoms with Gasteiger partial charge < -0.3 is 4.98 Å². The standard InChI is InChI=1S/C14H17N5S/c1-2-5-10(6-3-1)13-16-17-14-19(13)18-12(9-20-14)11-7-4-8-15-11/h4,7-8,10,15H,1-3,5-6,9H2. The molecule has 0 atom stereocenters. The van der Waals surface area contributed by atoms with Gasteiger partial charge in [-0.05, 0) is 25.0 Å². The SMILES string of the molecule is c1c[nH]c(C2=Nn3c(nnc3C3CCCCC3)SC2)c1. The van der Waals surface area contributed by atoms with E-state index in [-0.39, 0.29) is 0 Å². The number of aromatic nitrogens is 4. The van der Waals surface area contributed by atoms with Gasteiger partial charge in [-0.15, -0.1) is 10.2 Å². The van der Waals surface area contributed by atoms with Crippen LogP contribution < -0.4 is 0 Å². The number of hydrogen-bond acceptors (Lipinski definition) is 4. The summed E-state index contributed by atoms with van der Waals surface area (Å²) in [5.74, 6) is 2.43. The number of aromatic amines is 1. The van der Waals surface area contributed by atoms with Crippen molar-refractivity contribution >= 4 is 17.5 Å². The second kappa shape index (κ2) is 5.09. The number of rotatable bonds is 2. The molecular formula is C14H17N5S. The molecule has 0 radical (unpaired) electrons. The zero-order chi connectivity index (χ0) is 13.4. The highest BCUT2D eigenvalue weighted by Gasteiger charge is 2.26. The molecule has 2 aromatic heterocycles.